The van der Waals surface area contributed by atoms with Crippen LogP contribution in [-0.4, -0.2) is 19.5 Å². The SMILES string of the molecule is Cn1c(Nc2c[nH]c3ccc(Br)nc23)nc2cc(C(F)(F)F)ccc21. The van der Waals surface area contributed by atoms with E-state index in [0.29, 0.717) is 27.3 Å². The van der Waals surface area contributed by atoms with Gasteiger partial charge in [-0.05, 0) is 46.3 Å². The molecule has 3 aromatic heterocycles. The number of hydrogen-bond acceptors (Lipinski definition) is 3. The minimum atomic E-state index is -4.40. The summed E-state index contributed by atoms with van der Waals surface area (Å²) in [7, 11) is 1.74. The molecule has 0 aliphatic heterocycles. The number of nitrogens with one attached hydrogen (secondary N) is 2. The van der Waals surface area contributed by atoms with E-state index < -0.39 is 11.7 Å². The van der Waals surface area contributed by atoms with Gasteiger partial charge in [-0.15, -0.1) is 0 Å². The van der Waals surface area contributed by atoms with Crippen molar-refractivity contribution in [3.05, 3.63) is 46.7 Å². The van der Waals surface area contributed by atoms with Gasteiger partial charge < -0.3 is 14.9 Å². The van der Waals surface area contributed by atoms with Gasteiger partial charge >= 0.3 is 6.18 Å². The highest BCUT2D eigenvalue weighted by Gasteiger charge is 2.31. The molecule has 4 aromatic rings. The van der Waals surface area contributed by atoms with E-state index in [4.69, 9.17) is 0 Å². The van der Waals surface area contributed by atoms with Crippen LogP contribution in [0.25, 0.3) is 22.1 Å². The van der Waals surface area contributed by atoms with Crippen molar-refractivity contribution in [3.63, 3.8) is 0 Å². The second kappa shape index (κ2) is 5.48. The average Bonchev–Trinajstić information content (AvgIpc) is 3.08. The largest absolute Gasteiger partial charge is 0.416 e. The van der Waals surface area contributed by atoms with Gasteiger partial charge in [0.1, 0.15) is 10.1 Å². The highest BCUT2D eigenvalue weighted by Crippen LogP contribution is 2.33. The van der Waals surface area contributed by atoms with Crippen molar-refractivity contribution in [2.24, 2.45) is 7.05 Å². The highest BCUT2D eigenvalue weighted by molar-refractivity contribution is 9.10. The van der Waals surface area contributed by atoms with Crippen LogP contribution in [0.5, 0.6) is 0 Å². The summed E-state index contributed by atoms with van der Waals surface area (Å²) in [4.78, 5) is 11.8. The number of imidazole rings is 1. The van der Waals surface area contributed by atoms with E-state index in [9.17, 15) is 13.2 Å². The Morgan fingerprint density at radius 3 is 2.72 bits per heavy atom. The summed E-state index contributed by atoms with van der Waals surface area (Å²) in [6.45, 7) is 0. The van der Waals surface area contributed by atoms with Crippen molar-refractivity contribution in [3.8, 4) is 0 Å². The maximum atomic E-state index is 12.9. The van der Waals surface area contributed by atoms with Crippen molar-refractivity contribution >= 4 is 49.6 Å². The highest BCUT2D eigenvalue weighted by atomic mass is 79.9. The minimum Gasteiger partial charge on any atom is -0.358 e. The number of rotatable bonds is 2. The average molecular weight is 410 g/mol. The summed E-state index contributed by atoms with van der Waals surface area (Å²) in [6, 6.07) is 7.21. The number of alkyl halides is 3. The van der Waals surface area contributed by atoms with Gasteiger partial charge in [0, 0.05) is 13.2 Å². The molecule has 25 heavy (non-hydrogen) atoms. The zero-order chi connectivity index (χ0) is 17.8. The number of hydrogen-bond donors (Lipinski definition) is 2. The Balaban J connectivity index is 1.78. The number of fused-ring (bicyclic) bond motifs is 2. The quantitative estimate of drug-likeness (QED) is 0.459. The molecule has 0 aliphatic rings. The molecule has 0 aliphatic carbocycles. The van der Waals surface area contributed by atoms with Gasteiger partial charge in [-0.25, -0.2) is 9.97 Å². The zero-order valence-electron chi connectivity index (χ0n) is 12.8. The summed E-state index contributed by atoms with van der Waals surface area (Å²) in [5.74, 6) is 0.428. The number of nitrogens with zero attached hydrogens (tertiary/aromatic N) is 3. The molecule has 128 valence electrons. The maximum Gasteiger partial charge on any atom is 0.416 e. The second-order valence-corrected chi connectivity index (χ2v) is 6.37. The lowest BCUT2D eigenvalue weighted by molar-refractivity contribution is -0.137. The Hall–Kier alpha value is -2.55. The monoisotopic (exact) mass is 409 g/mol. The first-order chi connectivity index (χ1) is 11.8. The number of pyridine rings is 1. The van der Waals surface area contributed by atoms with Crippen LogP contribution in [0.4, 0.5) is 24.8 Å². The maximum absolute atomic E-state index is 12.9. The number of aromatic amines is 1. The van der Waals surface area contributed by atoms with Crippen molar-refractivity contribution in [1.82, 2.24) is 19.5 Å². The first-order valence-electron chi connectivity index (χ1n) is 7.27. The molecule has 0 spiro atoms. The number of halogens is 4. The van der Waals surface area contributed by atoms with Crippen molar-refractivity contribution in [1.29, 1.82) is 0 Å². The number of H-pyrrole nitrogens is 1. The predicted octanol–water partition coefficient (Wildman–Crippen LogP) is 4.97. The number of aromatic nitrogens is 4. The zero-order valence-corrected chi connectivity index (χ0v) is 14.4. The van der Waals surface area contributed by atoms with E-state index in [-0.39, 0.29) is 5.52 Å². The van der Waals surface area contributed by atoms with E-state index in [0.717, 1.165) is 17.6 Å². The number of benzene rings is 1. The van der Waals surface area contributed by atoms with Crippen molar-refractivity contribution in [2.75, 3.05) is 5.32 Å². The van der Waals surface area contributed by atoms with Crippen LogP contribution in [-0.2, 0) is 13.2 Å². The third-order valence-corrected chi connectivity index (χ3v) is 4.38. The van der Waals surface area contributed by atoms with Gasteiger partial charge in [0.15, 0.2) is 0 Å². The van der Waals surface area contributed by atoms with E-state index >= 15 is 0 Å². The lowest BCUT2D eigenvalue weighted by atomic mass is 10.2. The van der Waals surface area contributed by atoms with Gasteiger partial charge in [-0.2, -0.15) is 13.2 Å². The Kier molecular flexibility index (Phi) is 3.50. The molecule has 4 rings (SSSR count). The van der Waals surface area contributed by atoms with Crippen molar-refractivity contribution in [2.45, 2.75) is 6.18 Å². The fraction of sp³-hybridized carbons (Fsp3) is 0.125. The minimum absolute atomic E-state index is 0.272. The molecule has 0 fully saturated rings. The van der Waals surface area contributed by atoms with E-state index in [1.165, 1.54) is 6.07 Å². The lowest BCUT2D eigenvalue weighted by Crippen LogP contribution is -2.04. The lowest BCUT2D eigenvalue weighted by Gasteiger charge is -2.06. The molecule has 1 aromatic carbocycles. The van der Waals surface area contributed by atoms with Crippen LogP contribution in [0.1, 0.15) is 5.56 Å². The van der Waals surface area contributed by atoms with Gasteiger partial charge in [-0.3, -0.25) is 0 Å². The fourth-order valence-corrected chi connectivity index (χ4v) is 2.99. The van der Waals surface area contributed by atoms with E-state index in [2.05, 4.69) is 36.2 Å². The van der Waals surface area contributed by atoms with Crippen LogP contribution in [0.2, 0.25) is 0 Å². The molecule has 0 bridgehead atoms. The van der Waals surface area contributed by atoms with Crippen LogP contribution < -0.4 is 5.32 Å². The molecule has 5 nitrogen and oxygen atoms in total. The molecule has 2 N–H and O–H groups in total. The molecule has 0 unspecified atom stereocenters. The molecule has 0 atom stereocenters. The molecule has 0 saturated carbocycles. The first kappa shape index (κ1) is 15.9. The standard InChI is InChI=1S/C16H11BrF3N5/c1-25-12-4-2-8(16(18,19)20)6-10(12)22-15(25)23-11-7-21-9-3-5-13(17)24-14(9)11/h2-7,21H,1H3,(H,22,23). The fourth-order valence-electron chi connectivity index (χ4n) is 2.68. The predicted molar refractivity (Wildman–Crippen MR) is 92.8 cm³/mol. The van der Waals surface area contributed by atoms with Gasteiger partial charge in [-0.1, -0.05) is 0 Å². The molecule has 0 radical (unpaired) electrons. The second-order valence-electron chi connectivity index (χ2n) is 5.55. The molecule has 0 saturated heterocycles. The van der Waals surface area contributed by atoms with Gasteiger partial charge in [0.2, 0.25) is 5.95 Å². The topological polar surface area (TPSA) is 58.5 Å². The van der Waals surface area contributed by atoms with Crippen molar-refractivity contribution < 1.29 is 13.2 Å². The third-order valence-electron chi connectivity index (χ3n) is 3.94. The van der Waals surface area contributed by atoms with Crippen LogP contribution >= 0.6 is 15.9 Å². The number of aryl methyl sites for hydroxylation is 1. The Labute approximate surface area is 148 Å². The van der Waals surface area contributed by atoms with Gasteiger partial charge in [0.05, 0.1) is 27.8 Å². The summed E-state index contributed by atoms with van der Waals surface area (Å²) in [5, 5.41) is 3.13. The Morgan fingerprint density at radius 1 is 1.16 bits per heavy atom. The molecular formula is C16H11BrF3N5. The molecule has 9 heteroatoms. The molecule has 0 amide bonds. The van der Waals surface area contributed by atoms with Crippen LogP contribution in [0.15, 0.2) is 41.1 Å². The molecular weight excluding hydrogens is 399 g/mol. The van der Waals surface area contributed by atoms with Crippen LogP contribution in [0.3, 0.4) is 0 Å². The Morgan fingerprint density at radius 2 is 1.96 bits per heavy atom. The Bertz CT molecular complexity index is 1100. The van der Waals surface area contributed by atoms with E-state index in [1.807, 2.05) is 12.1 Å². The summed E-state index contributed by atoms with van der Waals surface area (Å²) < 4.78 is 41.0. The smallest absolute Gasteiger partial charge is 0.358 e. The normalized spacial score (nSPS) is 12.2. The van der Waals surface area contributed by atoms with Crippen LogP contribution in [0, 0.1) is 0 Å². The third kappa shape index (κ3) is 2.74. The first-order valence-corrected chi connectivity index (χ1v) is 8.06. The summed E-state index contributed by atoms with van der Waals surface area (Å²) in [5.41, 5.74) is 2.38. The summed E-state index contributed by atoms with van der Waals surface area (Å²) >= 11 is 3.33. The van der Waals surface area contributed by atoms with E-state index in [1.54, 1.807) is 17.8 Å². The number of anilines is 2. The molecule has 3 heterocycles. The summed E-state index contributed by atoms with van der Waals surface area (Å²) in [6.07, 6.45) is -2.66. The van der Waals surface area contributed by atoms with Gasteiger partial charge in [0.25, 0.3) is 0 Å².